The molecule has 0 aromatic heterocycles. The Morgan fingerprint density at radius 2 is 1.76 bits per heavy atom. The number of carbonyl (C=O) groups excluding carboxylic acids is 2. The van der Waals surface area contributed by atoms with Gasteiger partial charge in [0.1, 0.15) is 5.75 Å². The van der Waals surface area contributed by atoms with Crippen LogP contribution in [0.2, 0.25) is 0 Å². The molecule has 8 nitrogen and oxygen atoms in total. The maximum Gasteiger partial charge on any atom is 0.253 e. The summed E-state index contributed by atoms with van der Waals surface area (Å²) in [6.07, 6.45) is 0.999. The third kappa shape index (κ3) is 6.79. The van der Waals surface area contributed by atoms with E-state index in [2.05, 4.69) is 15.4 Å². The maximum absolute atomic E-state index is 12.9. The minimum absolute atomic E-state index is 0.0967. The van der Waals surface area contributed by atoms with Gasteiger partial charge in [0.2, 0.25) is 15.9 Å². The first-order chi connectivity index (χ1) is 13.6. The van der Waals surface area contributed by atoms with Crippen molar-refractivity contribution in [2.75, 3.05) is 22.9 Å². The first-order valence-corrected chi connectivity index (χ1v) is 10.9. The van der Waals surface area contributed by atoms with Crippen molar-refractivity contribution in [3.05, 3.63) is 53.6 Å². The molecule has 2 aromatic carbocycles. The Labute approximate surface area is 170 Å². The number of rotatable bonds is 8. The number of hydrogen-bond donors (Lipinski definition) is 3. The standard InChI is InChI=1S/C20H25N3O5S/c1-5-28-17-9-6-15(7-10-17)13(2)21-20(25)18-12-16(22-14(3)24)8-11-19(18)23-29(4,26)27/h6-13,23H,5H2,1-4H3,(H,21,25)(H,22,24). The number of nitrogens with one attached hydrogen (secondary N) is 3. The van der Waals surface area contributed by atoms with E-state index in [1.165, 1.54) is 25.1 Å². The SMILES string of the molecule is CCOc1ccc(C(C)NC(=O)c2cc(NC(C)=O)ccc2NS(C)(=O)=O)cc1. The zero-order chi connectivity index (χ0) is 21.6. The molecular weight excluding hydrogens is 394 g/mol. The summed E-state index contributed by atoms with van der Waals surface area (Å²) >= 11 is 0. The van der Waals surface area contributed by atoms with Gasteiger partial charge < -0.3 is 15.4 Å². The number of sulfonamides is 1. The van der Waals surface area contributed by atoms with E-state index in [1.54, 1.807) is 0 Å². The molecule has 2 amide bonds. The Balaban J connectivity index is 2.27. The fourth-order valence-electron chi connectivity index (χ4n) is 2.68. The average molecular weight is 420 g/mol. The number of amides is 2. The monoisotopic (exact) mass is 419 g/mol. The van der Waals surface area contributed by atoms with Gasteiger partial charge in [-0.1, -0.05) is 12.1 Å². The first-order valence-electron chi connectivity index (χ1n) is 9.02. The van der Waals surface area contributed by atoms with Gasteiger partial charge in [0.05, 0.1) is 30.2 Å². The second-order valence-corrected chi connectivity index (χ2v) is 8.26. The molecule has 1 atom stereocenters. The number of carbonyl (C=O) groups is 2. The highest BCUT2D eigenvalue weighted by atomic mass is 32.2. The van der Waals surface area contributed by atoms with Crippen molar-refractivity contribution in [3.63, 3.8) is 0 Å². The average Bonchev–Trinajstić information content (AvgIpc) is 2.62. The summed E-state index contributed by atoms with van der Waals surface area (Å²) in [5, 5.41) is 5.43. The number of anilines is 2. The molecule has 1 unspecified atom stereocenters. The van der Waals surface area contributed by atoms with Crippen molar-refractivity contribution in [2.45, 2.75) is 26.8 Å². The Kier molecular flexibility index (Phi) is 7.22. The van der Waals surface area contributed by atoms with E-state index in [0.29, 0.717) is 12.3 Å². The van der Waals surface area contributed by atoms with Gasteiger partial charge in [-0.15, -0.1) is 0 Å². The third-order valence-electron chi connectivity index (χ3n) is 3.92. The van der Waals surface area contributed by atoms with E-state index in [0.717, 1.165) is 17.6 Å². The summed E-state index contributed by atoms with van der Waals surface area (Å²) in [7, 11) is -3.59. The van der Waals surface area contributed by atoms with Crippen molar-refractivity contribution in [1.29, 1.82) is 0 Å². The third-order valence-corrected chi connectivity index (χ3v) is 4.51. The molecule has 0 radical (unpaired) electrons. The Bertz CT molecular complexity index is 988. The molecule has 29 heavy (non-hydrogen) atoms. The predicted octanol–water partition coefficient (Wildman–Crippen LogP) is 2.91. The summed E-state index contributed by atoms with van der Waals surface area (Å²) in [6, 6.07) is 11.4. The van der Waals surface area contributed by atoms with Crippen LogP contribution in [0.3, 0.4) is 0 Å². The molecule has 0 saturated carbocycles. The van der Waals surface area contributed by atoms with Gasteiger partial charge in [-0.3, -0.25) is 14.3 Å². The minimum Gasteiger partial charge on any atom is -0.494 e. The molecule has 0 heterocycles. The number of benzene rings is 2. The molecule has 3 N–H and O–H groups in total. The molecular formula is C20H25N3O5S. The second kappa shape index (κ2) is 9.42. The summed E-state index contributed by atoms with van der Waals surface area (Å²) < 4.78 is 31.0. The van der Waals surface area contributed by atoms with Gasteiger partial charge in [0, 0.05) is 12.6 Å². The highest BCUT2D eigenvalue weighted by Gasteiger charge is 2.18. The van der Waals surface area contributed by atoms with E-state index < -0.39 is 15.9 Å². The number of hydrogen-bond acceptors (Lipinski definition) is 5. The Morgan fingerprint density at radius 3 is 2.31 bits per heavy atom. The highest BCUT2D eigenvalue weighted by Crippen LogP contribution is 2.24. The fourth-order valence-corrected chi connectivity index (χ4v) is 3.26. The molecule has 0 aliphatic carbocycles. The second-order valence-electron chi connectivity index (χ2n) is 6.51. The smallest absolute Gasteiger partial charge is 0.253 e. The van der Waals surface area contributed by atoms with Gasteiger partial charge in [-0.05, 0) is 49.7 Å². The first kappa shape index (κ1) is 22.2. The summed E-state index contributed by atoms with van der Waals surface area (Å²) in [5.74, 6) is -0.0508. The van der Waals surface area contributed by atoms with Gasteiger partial charge in [-0.2, -0.15) is 0 Å². The van der Waals surface area contributed by atoms with Gasteiger partial charge >= 0.3 is 0 Å². The molecule has 9 heteroatoms. The molecule has 2 rings (SSSR count). The molecule has 0 aliphatic rings. The lowest BCUT2D eigenvalue weighted by molar-refractivity contribution is -0.114. The van der Waals surface area contributed by atoms with Gasteiger partial charge in [-0.25, -0.2) is 8.42 Å². The van der Waals surface area contributed by atoms with E-state index >= 15 is 0 Å². The highest BCUT2D eigenvalue weighted by molar-refractivity contribution is 7.92. The quantitative estimate of drug-likeness (QED) is 0.609. The van der Waals surface area contributed by atoms with E-state index in [4.69, 9.17) is 4.74 Å². The zero-order valence-corrected chi connectivity index (χ0v) is 17.6. The van der Waals surface area contributed by atoms with E-state index in [1.807, 2.05) is 38.1 Å². The molecule has 0 aliphatic heterocycles. The van der Waals surface area contributed by atoms with Crippen LogP contribution in [-0.4, -0.2) is 33.1 Å². The van der Waals surface area contributed by atoms with Crippen LogP contribution in [0.4, 0.5) is 11.4 Å². The van der Waals surface area contributed by atoms with Crippen LogP contribution >= 0.6 is 0 Å². The lowest BCUT2D eigenvalue weighted by Gasteiger charge is -2.17. The topological polar surface area (TPSA) is 114 Å². The number of ether oxygens (including phenoxy) is 1. The van der Waals surface area contributed by atoms with Crippen molar-refractivity contribution in [3.8, 4) is 5.75 Å². The van der Waals surface area contributed by atoms with Crippen LogP contribution in [0.5, 0.6) is 5.75 Å². The predicted molar refractivity (Wildman–Crippen MR) is 113 cm³/mol. The molecule has 0 saturated heterocycles. The van der Waals surface area contributed by atoms with Crippen LogP contribution < -0.4 is 20.1 Å². The lowest BCUT2D eigenvalue weighted by atomic mass is 10.1. The van der Waals surface area contributed by atoms with Crippen LogP contribution in [-0.2, 0) is 14.8 Å². The van der Waals surface area contributed by atoms with Crippen LogP contribution in [0.1, 0.15) is 42.7 Å². The molecule has 2 aromatic rings. The molecule has 0 fully saturated rings. The van der Waals surface area contributed by atoms with Gasteiger partial charge in [0.15, 0.2) is 0 Å². The Hall–Kier alpha value is -3.07. The van der Waals surface area contributed by atoms with Crippen LogP contribution in [0, 0.1) is 0 Å². The van der Waals surface area contributed by atoms with Crippen LogP contribution in [0.25, 0.3) is 0 Å². The largest absolute Gasteiger partial charge is 0.494 e. The van der Waals surface area contributed by atoms with Crippen molar-refractivity contribution >= 4 is 33.2 Å². The lowest BCUT2D eigenvalue weighted by Crippen LogP contribution is -2.28. The minimum atomic E-state index is -3.59. The van der Waals surface area contributed by atoms with Crippen LogP contribution in [0.15, 0.2) is 42.5 Å². The zero-order valence-electron chi connectivity index (χ0n) is 16.8. The summed E-state index contributed by atoms with van der Waals surface area (Å²) in [6.45, 7) is 5.62. The van der Waals surface area contributed by atoms with Crippen molar-refractivity contribution in [1.82, 2.24) is 5.32 Å². The van der Waals surface area contributed by atoms with E-state index in [9.17, 15) is 18.0 Å². The normalized spacial score (nSPS) is 12.0. The molecule has 156 valence electrons. The van der Waals surface area contributed by atoms with Crippen molar-refractivity contribution in [2.24, 2.45) is 0 Å². The van der Waals surface area contributed by atoms with E-state index in [-0.39, 0.29) is 23.2 Å². The fraction of sp³-hybridized carbons (Fsp3) is 0.300. The van der Waals surface area contributed by atoms with Crippen molar-refractivity contribution < 1.29 is 22.7 Å². The molecule has 0 spiro atoms. The van der Waals surface area contributed by atoms with Gasteiger partial charge in [0.25, 0.3) is 5.91 Å². The maximum atomic E-state index is 12.9. The summed E-state index contributed by atoms with van der Waals surface area (Å²) in [4.78, 5) is 24.2. The molecule has 0 bridgehead atoms. The Morgan fingerprint density at radius 1 is 1.10 bits per heavy atom. The summed E-state index contributed by atoms with van der Waals surface area (Å²) in [5.41, 5.74) is 1.46.